The molecule has 7 nitrogen and oxygen atoms in total. The van der Waals surface area contributed by atoms with E-state index >= 15 is 0 Å². The van der Waals surface area contributed by atoms with Gasteiger partial charge >= 0.3 is 0 Å². The normalized spacial score (nSPS) is 17.7. The van der Waals surface area contributed by atoms with Crippen molar-refractivity contribution >= 4 is 5.91 Å². The highest BCUT2D eigenvalue weighted by Gasteiger charge is 2.34. The van der Waals surface area contributed by atoms with Gasteiger partial charge < -0.3 is 14.4 Å². The summed E-state index contributed by atoms with van der Waals surface area (Å²) in [6, 6.07) is 1.22. The first kappa shape index (κ1) is 15.4. The third-order valence-corrected chi connectivity index (χ3v) is 4.00. The van der Waals surface area contributed by atoms with Crippen molar-refractivity contribution in [1.29, 1.82) is 0 Å². The number of aromatic nitrogens is 3. The molecule has 1 N–H and O–H groups in total. The van der Waals surface area contributed by atoms with Crippen molar-refractivity contribution in [3.05, 3.63) is 45.2 Å². The maximum absolute atomic E-state index is 13.5. The molecule has 0 saturated carbocycles. The van der Waals surface area contributed by atoms with Gasteiger partial charge in [-0.3, -0.25) is 9.59 Å². The number of nitrogens with one attached hydrogen (secondary N) is 1. The summed E-state index contributed by atoms with van der Waals surface area (Å²) in [6.45, 7) is 3.86. The van der Waals surface area contributed by atoms with Gasteiger partial charge in [-0.25, -0.2) is 4.98 Å². The number of carbonyl (C=O) groups is 1. The molecule has 0 aliphatic carbocycles. The maximum atomic E-state index is 13.5. The second-order valence-electron chi connectivity index (χ2n) is 5.54. The number of rotatable bonds is 3. The SMILES string of the molecule is CCc1cc(C(=O)N2CCC[C@H]2c2nc(C)c(F)c(=O)[nH]2)no1. The first-order valence-corrected chi connectivity index (χ1v) is 7.54. The third kappa shape index (κ3) is 2.76. The average molecular weight is 320 g/mol. The number of halogens is 1. The lowest BCUT2D eigenvalue weighted by Gasteiger charge is -2.23. The van der Waals surface area contributed by atoms with E-state index < -0.39 is 17.4 Å². The summed E-state index contributed by atoms with van der Waals surface area (Å²) in [7, 11) is 0. The quantitative estimate of drug-likeness (QED) is 0.930. The number of hydrogen-bond donors (Lipinski definition) is 1. The van der Waals surface area contributed by atoms with E-state index in [0.717, 1.165) is 6.42 Å². The number of aryl methyl sites for hydroxylation is 2. The van der Waals surface area contributed by atoms with Crippen LogP contribution in [0.1, 0.15) is 53.6 Å². The number of nitrogens with zero attached hydrogens (tertiary/aromatic N) is 3. The smallest absolute Gasteiger partial charge is 0.287 e. The Labute approximate surface area is 131 Å². The van der Waals surface area contributed by atoms with Crippen molar-refractivity contribution in [2.45, 2.75) is 39.2 Å². The molecule has 0 spiro atoms. The van der Waals surface area contributed by atoms with Gasteiger partial charge in [0.1, 0.15) is 11.6 Å². The van der Waals surface area contributed by atoms with Gasteiger partial charge in [-0.05, 0) is 19.8 Å². The third-order valence-electron chi connectivity index (χ3n) is 4.00. The van der Waals surface area contributed by atoms with E-state index in [1.54, 1.807) is 11.0 Å². The van der Waals surface area contributed by atoms with Crippen molar-refractivity contribution in [2.75, 3.05) is 6.54 Å². The number of likely N-dealkylation sites (tertiary alicyclic amines) is 1. The lowest BCUT2D eigenvalue weighted by molar-refractivity contribution is 0.0718. The summed E-state index contributed by atoms with van der Waals surface area (Å²) in [6.07, 6.45) is 2.07. The maximum Gasteiger partial charge on any atom is 0.287 e. The van der Waals surface area contributed by atoms with Crippen LogP contribution < -0.4 is 5.56 Å². The summed E-state index contributed by atoms with van der Waals surface area (Å²) in [5, 5.41) is 3.79. The fraction of sp³-hybridized carbons (Fsp3) is 0.467. The minimum absolute atomic E-state index is 0.0257. The zero-order valence-corrected chi connectivity index (χ0v) is 12.9. The van der Waals surface area contributed by atoms with Gasteiger partial charge in [0.2, 0.25) is 5.82 Å². The van der Waals surface area contributed by atoms with Crippen molar-refractivity contribution in [3.8, 4) is 0 Å². The van der Waals surface area contributed by atoms with E-state index in [9.17, 15) is 14.0 Å². The molecule has 1 fully saturated rings. The van der Waals surface area contributed by atoms with Crippen LogP contribution in [0, 0.1) is 12.7 Å². The van der Waals surface area contributed by atoms with E-state index in [4.69, 9.17) is 4.52 Å². The Morgan fingerprint density at radius 1 is 1.57 bits per heavy atom. The Hall–Kier alpha value is -2.51. The van der Waals surface area contributed by atoms with Crippen LogP contribution in [0.3, 0.4) is 0 Å². The highest BCUT2D eigenvalue weighted by atomic mass is 19.1. The van der Waals surface area contributed by atoms with Crippen LogP contribution in [0.4, 0.5) is 4.39 Å². The number of carbonyl (C=O) groups excluding carboxylic acids is 1. The summed E-state index contributed by atoms with van der Waals surface area (Å²) in [4.78, 5) is 32.3. The van der Waals surface area contributed by atoms with Gasteiger partial charge in [0.15, 0.2) is 5.69 Å². The molecule has 0 radical (unpaired) electrons. The van der Waals surface area contributed by atoms with Crippen LogP contribution in [0.2, 0.25) is 0 Å². The van der Waals surface area contributed by atoms with Crippen LogP contribution in [-0.2, 0) is 6.42 Å². The van der Waals surface area contributed by atoms with E-state index in [0.29, 0.717) is 31.0 Å². The van der Waals surface area contributed by atoms with Crippen LogP contribution in [0.15, 0.2) is 15.4 Å². The molecular formula is C15H17FN4O3. The van der Waals surface area contributed by atoms with E-state index in [1.807, 2.05) is 6.92 Å². The molecule has 1 aliphatic rings. The van der Waals surface area contributed by atoms with Crippen molar-refractivity contribution < 1.29 is 13.7 Å². The lowest BCUT2D eigenvalue weighted by atomic mass is 10.2. The number of hydrogen-bond acceptors (Lipinski definition) is 5. The van der Waals surface area contributed by atoms with Crippen LogP contribution in [0.5, 0.6) is 0 Å². The Morgan fingerprint density at radius 3 is 3.00 bits per heavy atom. The Balaban J connectivity index is 1.91. The molecule has 1 aliphatic heterocycles. The number of amides is 1. The van der Waals surface area contributed by atoms with Crippen molar-refractivity contribution in [2.24, 2.45) is 0 Å². The second-order valence-corrected chi connectivity index (χ2v) is 5.54. The molecule has 1 atom stereocenters. The molecule has 0 aromatic carbocycles. The summed E-state index contributed by atoms with van der Waals surface area (Å²) < 4.78 is 18.5. The molecule has 8 heteroatoms. The molecule has 3 rings (SSSR count). The average Bonchev–Trinajstić information content (AvgIpc) is 3.20. The Morgan fingerprint density at radius 2 is 2.35 bits per heavy atom. The van der Waals surface area contributed by atoms with Gasteiger partial charge in [-0.1, -0.05) is 12.1 Å². The first-order valence-electron chi connectivity index (χ1n) is 7.54. The fourth-order valence-corrected chi connectivity index (χ4v) is 2.77. The van der Waals surface area contributed by atoms with E-state index in [1.165, 1.54) is 6.92 Å². The lowest BCUT2D eigenvalue weighted by Crippen LogP contribution is -2.33. The van der Waals surface area contributed by atoms with Gasteiger partial charge in [-0.15, -0.1) is 0 Å². The summed E-state index contributed by atoms with van der Waals surface area (Å²) >= 11 is 0. The zero-order valence-electron chi connectivity index (χ0n) is 12.9. The molecular weight excluding hydrogens is 303 g/mol. The first-order chi connectivity index (χ1) is 11.0. The van der Waals surface area contributed by atoms with E-state index in [2.05, 4.69) is 15.1 Å². The van der Waals surface area contributed by atoms with Gasteiger partial charge in [-0.2, -0.15) is 4.39 Å². The van der Waals surface area contributed by atoms with E-state index in [-0.39, 0.29) is 17.3 Å². The largest absolute Gasteiger partial charge is 0.361 e. The zero-order chi connectivity index (χ0) is 16.6. The standard InChI is InChI=1S/C15H17FN4O3/c1-3-9-7-10(19-23-9)15(22)20-6-4-5-11(20)13-17-8(2)12(16)14(21)18-13/h7,11H,3-6H2,1-2H3,(H,17,18,21)/t11-/m0/s1. The molecule has 23 heavy (non-hydrogen) atoms. The van der Waals surface area contributed by atoms with Crippen LogP contribution in [0.25, 0.3) is 0 Å². The Kier molecular flexibility index (Phi) is 3.97. The van der Waals surface area contributed by atoms with Gasteiger partial charge in [0.25, 0.3) is 11.5 Å². The van der Waals surface area contributed by atoms with Crippen LogP contribution in [-0.4, -0.2) is 32.5 Å². The second kappa shape index (κ2) is 5.94. The number of H-pyrrole nitrogens is 1. The molecule has 2 aromatic rings. The van der Waals surface area contributed by atoms with Gasteiger partial charge in [0, 0.05) is 19.0 Å². The molecule has 2 aromatic heterocycles. The molecule has 0 unspecified atom stereocenters. The number of aromatic amines is 1. The Bertz CT molecular complexity index is 798. The highest BCUT2D eigenvalue weighted by molar-refractivity contribution is 5.92. The van der Waals surface area contributed by atoms with Crippen molar-refractivity contribution in [1.82, 2.24) is 20.0 Å². The molecule has 122 valence electrons. The topological polar surface area (TPSA) is 92.1 Å². The fourth-order valence-electron chi connectivity index (χ4n) is 2.77. The highest BCUT2D eigenvalue weighted by Crippen LogP contribution is 2.31. The molecule has 1 saturated heterocycles. The van der Waals surface area contributed by atoms with Crippen LogP contribution >= 0.6 is 0 Å². The minimum Gasteiger partial charge on any atom is -0.361 e. The molecule has 1 amide bonds. The van der Waals surface area contributed by atoms with Crippen molar-refractivity contribution in [3.63, 3.8) is 0 Å². The molecule has 0 bridgehead atoms. The monoisotopic (exact) mass is 320 g/mol. The van der Waals surface area contributed by atoms with Gasteiger partial charge in [0.05, 0.1) is 11.7 Å². The minimum atomic E-state index is -0.895. The summed E-state index contributed by atoms with van der Waals surface area (Å²) in [5.41, 5.74) is -0.561. The predicted molar refractivity (Wildman–Crippen MR) is 78.4 cm³/mol. The predicted octanol–water partition coefficient (Wildman–Crippen LogP) is 1.75. The molecule has 3 heterocycles. The summed E-state index contributed by atoms with van der Waals surface area (Å²) in [5.74, 6) is -0.235.